The highest BCUT2D eigenvalue weighted by Crippen LogP contribution is 2.25. The van der Waals surface area contributed by atoms with E-state index in [1.807, 2.05) is 19.2 Å². The van der Waals surface area contributed by atoms with Crippen LogP contribution >= 0.6 is 35.7 Å². The molecular formula is C18H30IN3OS. The van der Waals surface area contributed by atoms with Crippen molar-refractivity contribution in [3.63, 3.8) is 0 Å². The standard InChI is InChI=1S/C18H29N3OS.HI/c1-14(2)13-22-16-7-4-6-15(10-16)11-20-18(19-3)21-12-17-8-5-9-23-17;/h4,6-7,10,14,17H,5,8-9,11-13H2,1-3H3,(H2,19,20,21);1H. The van der Waals surface area contributed by atoms with Crippen LogP contribution in [0.25, 0.3) is 0 Å². The molecule has 0 aliphatic carbocycles. The van der Waals surface area contributed by atoms with Crippen molar-refractivity contribution in [3.8, 4) is 5.75 Å². The topological polar surface area (TPSA) is 45.7 Å². The predicted octanol–water partition coefficient (Wildman–Crippen LogP) is 3.90. The fraction of sp³-hybridized carbons (Fsp3) is 0.611. The smallest absolute Gasteiger partial charge is 0.191 e. The third kappa shape index (κ3) is 7.96. The van der Waals surface area contributed by atoms with Gasteiger partial charge in [0.15, 0.2) is 5.96 Å². The first-order valence-electron chi connectivity index (χ1n) is 8.45. The second-order valence-electron chi connectivity index (χ2n) is 6.29. The first-order valence-corrected chi connectivity index (χ1v) is 9.50. The van der Waals surface area contributed by atoms with Gasteiger partial charge in [0.2, 0.25) is 0 Å². The molecule has 24 heavy (non-hydrogen) atoms. The van der Waals surface area contributed by atoms with Gasteiger partial charge < -0.3 is 15.4 Å². The van der Waals surface area contributed by atoms with E-state index in [4.69, 9.17) is 4.74 Å². The highest BCUT2D eigenvalue weighted by Gasteiger charge is 2.15. The molecule has 1 aliphatic heterocycles. The predicted molar refractivity (Wildman–Crippen MR) is 116 cm³/mol. The van der Waals surface area contributed by atoms with Crippen molar-refractivity contribution in [1.29, 1.82) is 0 Å². The first kappa shape index (κ1) is 21.4. The lowest BCUT2D eigenvalue weighted by Gasteiger charge is -2.15. The van der Waals surface area contributed by atoms with Crippen LogP contribution in [0.1, 0.15) is 32.3 Å². The van der Waals surface area contributed by atoms with E-state index < -0.39 is 0 Å². The Bertz CT molecular complexity index is 505. The summed E-state index contributed by atoms with van der Waals surface area (Å²) in [6.07, 6.45) is 2.65. The summed E-state index contributed by atoms with van der Waals surface area (Å²) >= 11 is 2.06. The first-order chi connectivity index (χ1) is 11.2. The van der Waals surface area contributed by atoms with Gasteiger partial charge in [-0.15, -0.1) is 24.0 Å². The minimum absolute atomic E-state index is 0. The quantitative estimate of drug-likeness (QED) is 0.366. The van der Waals surface area contributed by atoms with Crippen LogP contribution in [-0.2, 0) is 6.54 Å². The van der Waals surface area contributed by atoms with Crippen LogP contribution in [0.5, 0.6) is 5.75 Å². The Balaban J connectivity index is 0.00000288. The Morgan fingerprint density at radius 1 is 1.38 bits per heavy atom. The molecular weight excluding hydrogens is 433 g/mol. The Hall–Kier alpha value is -0.630. The van der Waals surface area contributed by atoms with Crippen molar-refractivity contribution in [3.05, 3.63) is 29.8 Å². The molecule has 0 radical (unpaired) electrons. The summed E-state index contributed by atoms with van der Waals surface area (Å²) in [5.74, 6) is 3.63. The second-order valence-corrected chi connectivity index (χ2v) is 7.70. The van der Waals surface area contributed by atoms with Crippen LogP contribution in [0.15, 0.2) is 29.3 Å². The van der Waals surface area contributed by atoms with Crippen LogP contribution < -0.4 is 15.4 Å². The van der Waals surface area contributed by atoms with Crippen LogP contribution in [0.4, 0.5) is 0 Å². The molecule has 1 unspecified atom stereocenters. The largest absolute Gasteiger partial charge is 0.493 e. The van der Waals surface area contributed by atoms with Gasteiger partial charge in [0, 0.05) is 25.4 Å². The molecule has 1 aromatic rings. The van der Waals surface area contributed by atoms with Crippen LogP contribution in [0.3, 0.4) is 0 Å². The summed E-state index contributed by atoms with van der Waals surface area (Å²) in [7, 11) is 1.82. The minimum Gasteiger partial charge on any atom is -0.493 e. The zero-order valence-corrected chi connectivity index (χ0v) is 18.0. The molecule has 0 saturated carbocycles. The molecule has 2 N–H and O–H groups in total. The summed E-state index contributed by atoms with van der Waals surface area (Å²) in [4.78, 5) is 4.30. The lowest BCUT2D eigenvalue weighted by atomic mass is 10.2. The third-order valence-corrected chi connectivity index (χ3v) is 5.08. The molecule has 1 heterocycles. The van der Waals surface area contributed by atoms with E-state index >= 15 is 0 Å². The molecule has 0 spiro atoms. The maximum absolute atomic E-state index is 5.78. The number of rotatable bonds is 7. The Morgan fingerprint density at radius 2 is 2.21 bits per heavy atom. The Morgan fingerprint density at radius 3 is 2.88 bits per heavy atom. The normalized spacial score (nSPS) is 17.5. The van der Waals surface area contributed by atoms with E-state index in [-0.39, 0.29) is 24.0 Å². The van der Waals surface area contributed by atoms with Gasteiger partial charge >= 0.3 is 0 Å². The monoisotopic (exact) mass is 463 g/mol. The summed E-state index contributed by atoms with van der Waals surface area (Å²) in [6.45, 7) is 6.80. The molecule has 0 bridgehead atoms. The van der Waals surface area contributed by atoms with Gasteiger partial charge in [-0.05, 0) is 42.2 Å². The van der Waals surface area contributed by atoms with Crippen LogP contribution in [0, 0.1) is 5.92 Å². The summed E-state index contributed by atoms with van der Waals surface area (Å²) in [6, 6.07) is 8.25. The number of benzene rings is 1. The molecule has 4 nitrogen and oxygen atoms in total. The lowest BCUT2D eigenvalue weighted by molar-refractivity contribution is 0.271. The third-order valence-electron chi connectivity index (χ3n) is 3.69. The van der Waals surface area contributed by atoms with Gasteiger partial charge in [0.1, 0.15) is 5.75 Å². The van der Waals surface area contributed by atoms with E-state index in [9.17, 15) is 0 Å². The zero-order chi connectivity index (χ0) is 16.5. The molecule has 0 aromatic heterocycles. The maximum atomic E-state index is 5.78. The van der Waals surface area contributed by atoms with Crippen molar-refractivity contribution >= 4 is 41.7 Å². The number of ether oxygens (including phenoxy) is 1. The number of hydrogen-bond donors (Lipinski definition) is 2. The molecule has 0 amide bonds. The van der Waals surface area contributed by atoms with Crippen LogP contribution in [0.2, 0.25) is 0 Å². The molecule has 1 aliphatic rings. The number of nitrogens with zero attached hydrogens (tertiary/aromatic N) is 1. The molecule has 1 fully saturated rings. The maximum Gasteiger partial charge on any atom is 0.191 e. The van der Waals surface area contributed by atoms with Crippen molar-refractivity contribution in [2.45, 2.75) is 38.5 Å². The molecule has 1 saturated heterocycles. The number of aliphatic imine (C=N–C) groups is 1. The van der Waals surface area contributed by atoms with Crippen molar-refractivity contribution in [2.24, 2.45) is 10.9 Å². The zero-order valence-electron chi connectivity index (χ0n) is 14.9. The highest BCUT2D eigenvalue weighted by atomic mass is 127. The number of guanidine groups is 1. The van der Waals surface area contributed by atoms with Gasteiger partial charge in [-0.3, -0.25) is 4.99 Å². The summed E-state index contributed by atoms with van der Waals surface area (Å²) < 4.78 is 5.78. The number of halogens is 1. The Labute approximate surface area is 167 Å². The molecule has 1 aromatic carbocycles. The van der Waals surface area contributed by atoms with E-state index in [0.717, 1.165) is 36.7 Å². The molecule has 1 atom stereocenters. The van der Waals surface area contributed by atoms with Gasteiger partial charge in [-0.2, -0.15) is 11.8 Å². The highest BCUT2D eigenvalue weighted by molar-refractivity contribution is 14.0. The summed E-state index contributed by atoms with van der Waals surface area (Å²) in [5.41, 5.74) is 1.20. The molecule has 136 valence electrons. The fourth-order valence-corrected chi connectivity index (χ4v) is 3.63. The van der Waals surface area contributed by atoms with Crippen molar-refractivity contribution < 1.29 is 4.74 Å². The average molecular weight is 463 g/mol. The SMILES string of the molecule is CN=C(NCc1cccc(OCC(C)C)c1)NCC1CCCS1.I. The fourth-order valence-electron chi connectivity index (χ4n) is 2.43. The van der Waals surface area contributed by atoms with Crippen LogP contribution in [-0.4, -0.2) is 37.2 Å². The van der Waals surface area contributed by atoms with E-state index in [1.54, 1.807) is 0 Å². The average Bonchev–Trinajstić information content (AvgIpc) is 3.07. The minimum atomic E-state index is 0. The molecule has 6 heteroatoms. The van der Waals surface area contributed by atoms with Gasteiger partial charge in [-0.1, -0.05) is 26.0 Å². The lowest BCUT2D eigenvalue weighted by Crippen LogP contribution is -2.39. The van der Waals surface area contributed by atoms with E-state index in [1.165, 1.54) is 24.2 Å². The van der Waals surface area contributed by atoms with Crippen molar-refractivity contribution in [1.82, 2.24) is 10.6 Å². The van der Waals surface area contributed by atoms with E-state index in [0.29, 0.717) is 5.92 Å². The van der Waals surface area contributed by atoms with Gasteiger partial charge in [0.05, 0.1) is 6.61 Å². The van der Waals surface area contributed by atoms with E-state index in [2.05, 4.69) is 53.4 Å². The van der Waals surface area contributed by atoms with Gasteiger partial charge in [-0.25, -0.2) is 0 Å². The number of hydrogen-bond acceptors (Lipinski definition) is 3. The summed E-state index contributed by atoms with van der Waals surface area (Å²) in [5, 5.41) is 7.52. The second kappa shape index (κ2) is 11.8. The number of thioether (sulfide) groups is 1. The number of nitrogens with one attached hydrogen (secondary N) is 2. The molecule has 2 rings (SSSR count). The van der Waals surface area contributed by atoms with Crippen molar-refractivity contribution in [2.75, 3.05) is 26.0 Å². The Kier molecular flexibility index (Phi) is 10.6. The van der Waals surface area contributed by atoms with Gasteiger partial charge in [0.25, 0.3) is 0 Å².